The molecule has 0 fully saturated rings. The summed E-state index contributed by atoms with van der Waals surface area (Å²) >= 11 is 3.28. The molecule has 36 heavy (non-hydrogen) atoms. The highest BCUT2D eigenvalue weighted by molar-refractivity contribution is 7.21. The predicted octanol–water partition coefficient (Wildman–Crippen LogP) is 8.49. The number of rotatable bonds is 3. The molecular weight excluding hydrogens is 480 g/mol. The third kappa shape index (κ3) is 3.93. The maximum Gasteiger partial charge on any atom is 0.135 e. The van der Waals surface area contributed by atoms with Crippen LogP contribution in [0, 0.1) is 18.3 Å². The summed E-state index contributed by atoms with van der Waals surface area (Å²) < 4.78 is 2.30. The van der Waals surface area contributed by atoms with Crippen molar-refractivity contribution in [1.82, 2.24) is 9.97 Å². The lowest BCUT2D eigenvalue weighted by atomic mass is 10.0. The van der Waals surface area contributed by atoms with Crippen molar-refractivity contribution in [3.05, 3.63) is 106 Å². The van der Waals surface area contributed by atoms with Crippen LogP contribution in [0.5, 0.6) is 0 Å². The summed E-state index contributed by atoms with van der Waals surface area (Å²) in [5.74, 6) is 0. The molecule has 0 aliphatic carbocycles. The quantitative estimate of drug-likeness (QED) is 0.232. The van der Waals surface area contributed by atoms with Crippen LogP contribution in [-0.4, -0.2) is 9.97 Å². The van der Waals surface area contributed by atoms with Crippen molar-refractivity contribution in [3.8, 4) is 16.6 Å². The molecule has 0 amide bonds. The number of hydrogen-bond acceptors (Lipinski definition) is 6. The zero-order valence-electron chi connectivity index (χ0n) is 20.1. The molecule has 0 spiro atoms. The lowest BCUT2D eigenvalue weighted by Crippen LogP contribution is -2.21. The molecule has 4 nitrogen and oxygen atoms in total. The van der Waals surface area contributed by atoms with Crippen molar-refractivity contribution in [2.24, 2.45) is 0 Å². The van der Waals surface area contributed by atoms with E-state index in [-0.39, 0.29) is 0 Å². The van der Waals surface area contributed by atoms with E-state index in [4.69, 9.17) is 9.97 Å². The first kappa shape index (κ1) is 22.4. The van der Waals surface area contributed by atoms with Gasteiger partial charge in [0.05, 0.1) is 26.0 Å². The number of para-hydroxylation sites is 1. The van der Waals surface area contributed by atoms with E-state index in [1.54, 1.807) is 22.7 Å². The Bertz CT molecular complexity index is 1720. The van der Waals surface area contributed by atoms with Gasteiger partial charge in [0, 0.05) is 22.6 Å². The van der Waals surface area contributed by atoms with Crippen LogP contribution in [0.25, 0.3) is 36.6 Å². The van der Waals surface area contributed by atoms with Gasteiger partial charge in [0.1, 0.15) is 16.1 Å². The predicted molar refractivity (Wildman–Crippen MR) is 152 cm³/mol. The molecule has 1 aliphatic rings. The highest BCUT2D eigenvalue weighted by atomic mass is 32.1. The van der Waals surface area contributed by atoms with Gasteiger partial charge in [0.25, 0.3) is 0 Å². The van der Waals surface area contributed by atoms with E-state index in [1.807, 2.05) is 24.3 Å². The van der Waals surface area contributed by atoms with Gasteiger partial charge in [-0.05, 0) is 92.6 Å². The number of hydrogen-bond donors (Lipinski definition) is 0. The fraction of sp³-hybridized carbons (Fsp3) is 0.100. The highest BCUT2D eigenvalue weighted by Crippen LogP contribution is 2.36. The van der Waals surface area contributed by atoms with Gasteiger partial charge in [-0.2, -0.15) is 5.26 Å². The number of anilines is 1. The molecular formula is C30H22N4S2. The van der Waals surface area contributed by atoms with E-state index in [0.717, 1.165) is 54.0 Å². The number of thiazole rings is 2. The molecule has 3 aromatic carbocycles. The van der Waals surface area contributed by atoms with Gasteiger partial charge >= 0.3 is 0 Å². The lowest BCUT2D eigenvalue weighted by Gasteiger charge is -2.30. The number of aromatic nitrogens is 2. The largest absolute Gasteiger partial charge is 0.318 e. The number of nitriles is 1. The van der Waals surface area contributed by atoms with E-state index >= 15 is 0 Å². The smallest absolute Gasteiger partial charge is 0.135 e. The second-order valence-electron chi connectivity index (χ2n) is 8.87. The molecule has 0 radical (unpaired) electrons. The van der Waals surface area contributed by atoms with Crippen molar-refractivity contribution in [2.45, 2.75) is 20.8 Å². The first-order chi connectivity index (χ1) is 17.5. The van der Waals surface area contributed by atoms with Crippen LogP contribution in [0.15, 0.2) is 95.8 Å². The molecule has 2 aromatic heterocycles. The number of benzene rings is 3. The number of allylic oxidation sites excluding steroid dienone is 6. The minimum absolute atomic E-state index is 0.607. The Kier molecular flexibility index (Phi) is 5.52. The average Bonchev–Trinajstić information content (AvgIpc) is 3.48. The third-order valence-corrected chi connectivity index (χ3v) is 8.38. The van der Waals surface area contributed by atoms with Crippen molar-refractivity contribution < 1.29 is 0 Å². The highest BCUT2D eigenvalue weighted by Gasteiger charge is 2.20. The van der Waals surface area contributed by atoms with Gasteiger partial charge in [0.15, 0.2) is 0 Å². The van der Waals surface area contributed by atoms with Gasteiger partial charge in [0.2, 0.25) is 0 Å². The van der Waals surface area contributed by atoms with Crippen LogP contribution < -0.4 is 4.90 Å². The molecule has 6 rings (SSSR count). The Labute approximate surface area is 217 Å². The molecule has 174 valence electrons. The van der Waals surface area contributed by atoms with Crippen LogP contribution in [0.1, 0.15) is 24.4 Å². The minimum Gasteiger partial charge on any atom is -0.318 e. The monoisotopic (exact) mass is 502 g/mol. The number of fused-ring (bicyclic) bond motifs is 2. The summed E-state index contributed by atoms with van der Waals surface area (Å²) in [5, 5.41) is 11.8. The van der Waals surface area contributed by atoms with Crippen LogP contribution >= 0.6 is 22.7 Å². The van der Waals surface area contributed by atoms with Crippen molar-refractivity contribution >= 4 is 54.4 Å². The first-order valence-electron chi connectivity index (χ1n) is 11.6. The van der Waals surface area contributed by atoms with E-state index in [0.29, 0.717) is 5.57 Å². The standard InChI is InChI=1S/C30H22N4S2/c1-18-8-13-26-28(14-18)36-29(32-26)21-9-11-23(12-10-21)34-19(2)15-22(16-20(34)3)24(17-31)30-33-25-6-4-5-7-27(25)35-30/h4-16H,1-3H3. The van der Waals surface area contributed by atoms with Gasteiger partial charge in [-0.15, -0.1) is 22.7 Å². The summed E-state index contributed by atoms with van der Waals surface area (Å²) in [5.41, 5.74) is 9.02. The summed E-state index contributed by atoms with van der Waals surface area (Å²) in [6.45, 7) is 6.26. The van der Waals surface area contributed by atoms with Crippen LogP contribution in [0.3, 0.4) is 0 Å². The second kappa shape index (κ2) is 8.87. The SMILES string of the molecule is CC1=CC(=C(C#N)c2nc3ccccc3s2)C=C(C)N1c1ccc(-c2nc3ccc(C)cc3s2)cc1. The Hall–Kier alpha value is -4.05. The Balaban J connectivity index is 1.32. The van der Waals surface area contributed by atoms with Gasteiger partial charge in [-0.25, -0.2) is 9.97 Å². The van der Waals surface area contributed by atoms with E-state index in [1.165, 1.54) is 10.3 Å². The average molecular weight is 503 g/mol. The lowest BCUT2D eigenvalue weighted by molar-refractivity contribution is 1.04. The molecule has 0 bridgehead atoms. The molecule has 0 N–H and O–H groups in total. The Morgan fingerprint density at radius 3 is 2.25 bits per heavy atom. The maximum absolute atomic E-state index is 10.0. The molecule has 3 heterocycles. The van der Waals surface area contributed by atoms with Crippen LogP contribution in [0.4, 0.5) is 5.69 Å². The number of nitrogens with zero attached hydrogens (tertiary/aromatic N) is 4. The summed E-state index contributed by atoms with van der Waals surface area (Å²) in [6, 6.07) is 25.3. The molecule has 5 aromatic rings. The molecule has 0 atom stereocenters. The third-order valence-electron chi connectivity index (χ3n) is 6.26. The molecule has 1 aliphatic heterocycles. The number of aryl methyl sites for hydroxylation is 1. The van der Waals surface area contributed by atoms with Crippen molar-refractivity contribution in [1.29, 1.82) is 5.26 Å². The fourth-order valence-electron chi connectivity index (χ4n) is 4.57. The Morgan fingerprint density at radius 1 is 0.806 bits per heavy atom. The maximum atomic E-state index is 10.0. The first-order valence-corrected chi connectivity index (χ1v) is 13.3. The summed E-state index contributed by atoms with van der Waals surface area (Å²) in [6.07, 6.45) is 4.14. The van der Waals surface area contributed by atoms with Crippen molar-refractivity contribution in [3.63, 3.8) is 0 Å². The van der Waals surface area contributed by atoms with Crippen LogP contribution in [0.2, 0.25) is 0 Å². The topological polar surface area (TPSA) is 52.8 Å². The summed E-state index contributed by atoms with van der Waals surface area (Å²) in [4.78, 5) is 11.7. The van der Waals surface area contributed by atoms with Gasteiger partial charge < -0.3 is 4.90 Å². The molecule has 0 unspecified atom stereocenters. The second-order valence-corrected chi connectivity index (χ2v) is 10.9. The van der Waals surface area contributed by atoms with E-state index < -0.39 is 0 Å². The summed E-state index contributed by atoms with van der Waals surface area (Å²) in [7, 11) is 0. The Morgan fingerprint density at radius 2 is 1.53 bits per heavy atom. The van der Waals surface area contributed by atoms with Gasteiger partial charge in [-0.1, -0.05) is 18.2 Å². The molecule has 6 heteroatoms. The molecule has 0 saturated heterocycles. The zero-order valence-corrected chi connectivity index (χ0v) is 21.7. The van der Waals surface area contributed by atoms with Crippen molar-refractivity contribution in [2.75, 3.05) is 4.90 Å². The zero-order chi connectivity index (χ0) is 24.8. The minimum atomic E-state index is 0.607. The molecule has 0 saturated carbocycles. The van der Waals surface area contributed by atoms with Crippen LogP contribution in [-0.2, 0) is 0 Å². The normalized spacial score (nSPS) is 13.6. The van der Waals surface area contributed by atoms with Gasteiger partial charge in [-0.3, -0.25) is 0 Å². The fourth-order valence-corrected chi connectivity index (χ4v) is 6.63. The van der Waals surface area contributed by atoms with E-state index in [9.17, 15) is 5.26 Å². The van der Waals surface area contributed by atoms with E-state index in [2.05, 4.69) is 86.4 Å².